The van der Waals surface area contributed by atoms with Crippen LogP contribution in [0.15, 0.2) is 24.3 Å². The molecule has 1 aliphatic heterocycles. The van der Waals surface area contributed by atoms with E-state index in [0.717, 1.165) is 18.4 Å². The van der Waals surface area contributed by atoms with Gasteiger partial charge in [-0.3, -0.25) is 9.59 Å². The first-order valence-corrected chi connectivity index (χ1v) is 7.35. The zero-order valence-corrected chi connectivity index (χ0v) is 12.3. The number of carbonyl (C=O) groups excluding carboxylic acids is 2. The molecule has 0 aromatic heterocycles. The van der Waals surface area contributed by atoms with Gasteiger partial charge in [0.25, 0.3) is 5.91 Å². The molecule has 0 saturated carbocycles. The molecular weight excluding hydrogens is 276 g/mol. The molecule has 1 saturated heterocycles. The summed E-state index contributed by atoms with van der Waals surface area (Å²) >= 11 is 5.54. The number of nitrogens with one attached hydrogen (secondary N) is 1. The fraction of sp³-hybridized carbons (Fsp3) is 0.467. The third-order valence-corrected chi connectivity index (χ3v) is 3.84. The lowest BCUT2D eigenvalue weighted by atomic mass is 10.0. The van der Waals surface area contributed by atoms with Crippen molar-refractivity contribution >= 4 is 23.4 Å². The maximum absolute atomic E-state index is 12.1. The van der Waals surface area contributed by atoms with Gasteiger partial charge in [0.15, 0.2) is 0 Å². The minimum absolute atomic E-state index is 0.0282. The topological polar surface area (TPSA) is 49.4 Å². The SMILES string of the molecule is Cc1ccc(C(=O)NC2CCN(C(=O)CCl)CC2)cc1. The van der Waals surface area contributed by atoms with Crippen molar-refractivity contribution < 1.29 is 9.59 Å². The largest absolute Gasteiger partial charge is 0.349 e. The lowest BCUT2D eigenvalue weighted by Gasteiger charge is -2.32. The zero-order valence-electron chi connectivity index (χ0n) is 11.6. The summed E-state index contributed by atoms with van der Waals surface area (Å²) in [7, 11) is 0. The molecule has 1 fully saturated rings. The number of hydrogen-bond donors (Lipinski definition) is 1. The predicted octanol–water partition coefficient (Wildman–Crippen LogP) is 1.95. The van der Waals surface area contributed by atoms with Gasteiger partial charge in [0.2, 0.25) is 5.91 Å². The molecule has 2 amide bonds. The standard InChI is InChI=1S/C15H19ClN2O2/c1-11-2-4-12(5-3-11)15(20)17-13-6-8-18(9-7-13)14(19)10-16/h2-5,13H,6-10H2,1H3,(H,17,20). The van der Waals surface area contributed by atoms with E-state index in [-0.39, 0.29) is 23.7 Å². The highest BCUT2D eigenvalue weighted by Crippen LogP contribution is 2.12. The van der Waals surface area contributed by atoms with E-state index in [4.69, 9.17) is 11.6 Å². The summed E-state index contributed by atoms with van der Waals surface area (Å²) in [6, 6.07) is 7.64. The summed E-state index contributed by atoms with van der Waals surface area (Å²) in [5, 5.41) is 3.02. The van der Waals surface area contributed by atoms with E-state index in [9.17, 15) is 9.59 Å². The average Bonchev–Trinajstić information content (AvgIpc) is 2.48. The van der Waals surface area contributed by atoms with Gasteiger partial charge in [0.05, 0.1) is 0 Å². The quantitative estimate of drug-likeness (QED) is 0.866. The van der Waals surface area contributed by atoms with Crippen LogP contribution in [0.25, 0.3) is 0 Å². The Kier molecular flexibility index (Phi) is 5.01. The summed E-state index contributed by atoms with van der Waals surface area (Å²) in [5.41, 5.74) is 1.81. The highest BCUT2D eigenvalue weighted by molar-refractivity contribution is 6.27. The fourth-order valence-electron chi connectivity index (χ4n) is 2.33. The highest BCUT2D eigenvalue weighted by atomic mass is 35.5. The van der Waals surface area contributed by atoms with Crippen LogP contribution in [0.2, 0.25) is 0 Å². The van der Waals surface area contributed by atoms with Crippen LogP contribution < -0.4 is 5.32 Å². The molecule has 0 unspecified atom stereocenters. The van der Waals surface area contributed by atoms with Crippen LogP contribution in [0.1, 0.15) is 28.8 Å². The van der Waals surface area contributed by atoms with Gasteiger partial charge >= 0.3 is 0 Å². The molecule has 0 atom stereocenters. The van der Waals surface area contributed by atoms with Crippen molar-refractivity contribution in [1.29, 1.82) is 0 Å². The predicted molar refractivity (Wildman–Crippen MR) is 79.0 cm³/mol. The van der Waals surface area contributed by atoms with Crippen LogP contribution in [0.4, 0.5) is 0 Å². The molecule has 0 bridgehead atoms. The minimum Gasteiger partial charge on any atom is -0.349 e. The van der Waals surface area contributed by atoms with Crippen LogP contribution in [0.5, 0.6) is 0 Å². The van der Waals surface area contributed by atoms with Crippen molar-refractivity contribution in [2.75, 3.05) is 19.0 Å². The van der Waals surface area contributed by atoms with Crippen LogP contribution >= 0.6 is 11.6 Å². The number of likely N-dealkylation sites (tertiary alicyclic amines) is 1. The molecule has 1 heterocycles. The van der Waals surface area contributed by atoms with Crippen molar-refractivity contribution in [2.24, 2.45) is 0 Å². The molecule has 0 aliphatic carbocycles. The Bertz CT molecular complexity index is 479. The number of alkyl halides is 1. The molecule has 20 heavy (non-hydrogen) atoms. The van der Waals surface area contributed by atoms with E-state index in [1.54, 1.807) is 4.90 Å². The van der Waals surface area contributed by atoms with E-state index >= 15 is 0 Å². The lowest BCUT2D eigenvalue weighted by Crippen LogP contribution is -2.46. The smallest absolute Gasteiger partial charge is 0.251 e. The molecule has 1 aliphatic rings. The molecule has 1 aromatic rings. The maximum atomic E-state index is 12.1. The second-order valence-electron chi connectivity index (χ2n) is 5.13. The molecule has 2 rings (SSSR count). The van der Waals surface area contributed by atoms with Gasteiger partial charge in [0.1, 0.15) is 5.88 Å². The van der Waals surface area contributed by atoms with E-state index in [1.165, 1.54) is 0 Å². The summed E-state index contributed by atoms with van der Waals surface area (Å²) < 4.78 is 0. The summed E-state index contributed by atoms with van der Waals surface area (Å²) in [4.78, 5) is 25.3. The molecule has 4 nitrogen and oxygen atoms in total. The number of rotatable bonds is 3. The average molecular weight is 295 g/mol. The Morgan fingerprint density at radius 3 is 2.40 bits per heavy atom. The minimum atomic E-state index is -0.0490. The van der Waals surface area contributed by atoms with Gasteiger partial charge in [-0.1, -0.05) is 17.7 Å². The van der Waals surface area contributed by atoms with Crippen LogP contribution in [-0.2, 0) is 4.79 Å². The molecule has 108 valence electrons. The first kappa shape index (κ1) is 14.9. The van der Waals surface area contributed by atoms with E-state index in [1.807, 2.05) is 31.2 Å². The number of halogens is 1. The van der Waals surface area contributed by atoms with Crippen LogP contribution in [0, 0.1) is 6.92 Å². The van der Waals surface area contributed by atoms with Gasteiger partial charge < -0.3 is 10.2 Å². The zero-order chi connectivity index (χ0) is 14.5. The Hall–Kier alpha value is -1.55. The Labute approximate surface area is 124 Å². The Morgan fingerprint density at radius 2 is 1.85 bits per heavy atom. The first-order chi connectivity index (χ1) is 9.60. The van der Waals surface area contributed by atoms with Crippen molar-refractivity contribution in [3.8, 4) is 0 Å². The third kappa shape index (κ3) is 3.73. The Balaban J connectivity index is 1.85. The fourth-order valence-corrected chi connectivity index (χ4v) is 2.50. The number of nitrogens with zero attached hydrogens (tertiary/aromatic N) is 1. The second-order valence-corrected chi connectivity index (χ2v) is 5.40. The normalized spacial score (nSPS) is 16.0. The number of piperidine rings is 1. The summed E-state index contributed by atoms with van der Waals surface area (Å²) in [6.07, 6.45) is 1.56. The molecule has 0 radical (unpaired) electrons. The molecule has 5 heteroatoms. The third-order valence-electron chi connectivity index (χ3n) is 3.61. The number of aryl methyl sites for hydroxylation is 1. The van der Waals surface area contributed by atoms with Gasteiger partial charge in [-0.15, -0.1) is 11.6 Å². The van der Waals surface area contributed by atoms with Crippen LogP contribution in [-0.4, -0.2) is 41.7 Å². The summed E-state index contributed by atoms with van der Waals surface area (Å²) in [5.74, 6) is -0.0532. The van der Waals surface area contributed by atoms with Gasteiger partial charge in [-0.25, -0.2) is 0 Å². The number of hydrogen-bond acceptors (Lipinski definition) is 2. The van der Waals surface area contributed by atoms with Crippen molar-refractivity contribution in [1.82, 2.24) is 10.2 Å². The van der Waals surface area contributed by atoms with Gasteiger partial charge in [0, 0.05) is 24.7 Å². The number of carbonyl (C=O) groups is 2. The molecule has 0 spiro atoms. The van der Waals surface area contributed by atoms with Crippen molar-refractivity contribution in [2.45, 2.75) is 25.8 Å². The molecule has 1 N–H and O–H groups in total. The highest BCUT2D eigenvalue weighted by Gasteiger charge is 2.23. The molecular formula is C15H19ClN2O2. The van der Waals surface area contributed by atoms with E-state index < -0.39 is 0 Å². The van der Waals surface area contributed by atoms with Crippen molar-refractivity contribution in [3.05, 3.63) is 35.4 Å². The maximum Gasteiger partial charge on any atom is 0.251 e. The second kappa shape index (κ2) is 6.75. The van der Waals surface area contributed by atoms with E-state index in [0.29, 0.717) is 18.7 Å². The molecule has 1 aromatic carbocycles. The lowest BCUT2D eigenvalue weighted by molar-refractivity contribution is -0.129. The van der Waals surface area contributed by atoms with Gasteiger partial charge in [-0.05, 0) is 31.9 Å². The summed E-state index contributed by atoms with van der Waals surface area (Å²) in [6.45, 7) is 3.31. The Morgan fingerprint density at radius 1 is 1.25 bits per heavy atom. The van der Waals surface area contributed by atoms with Crippen molar-refractivity contribution in [3.63, 3.8) is 0 Å². The van der Waals surface area contributed by atoms with Crippen LogP contribution in [0.3, 0.4) is 0 Å². The van der Waals surface area contributed by atoms with E-state index in [2.05, 4.69) is 5.32 Å². The number of amides is 2. The number of benzene rings is 1. The first-order valence-electron chi connectivity index (χ1n) is 6.81. The monoisotopic (exact) mass is 294 g/mol. The van der Waals surface area contributed by atoms with Gasteiger partial charge in [-0.2, -0.15) is 0 Å².